The molecule has 7 nitrogen and oxygen atoms in total. The van der Waals surface area contributed by atoms with E-state index in [4.69, 9.17) is 0 Å². The summed E-state index contributed by atoms with van der Waals surface area (Å²) in [4.78, 5) is 45.1. The first-order valence-electron chi connectivity index (χ1n) is 11.1. The van der Waals surface area contributed by atoms with E-state index in [9.17, 15) is 14.4 Å². The molecular weight excluding hydrogens is 516 g/mol. The van der Waals surface area contributed by atoms with Crippen LogP contribution in [0.1, 0.15) is 44.0 Å². The van der Waals surface area contributed by atoms with Crippen molar-refractivity contribution in [3.05, 3.63) is 80.2 Å². The Bertz CT molecular complexity index is 1190. The molecule has 2 N–H and O–H groups in total. The second kappa shape index (κ2) is 10.9. The zero-order valence-corrected chi connectivity index (χ0v) is 21.1. The fourth-order valence-electron chi connectivity index (χ4n) is 3.93. The van der Waals surface area contributed by atoms with Crippen molar-refractivity contribution in [1.29, 1.82) is 0 Å². The maximum Gasteiger partial charge on any atom is 0.262 e. The molecule has 0 aliphatic carbocycles. The first kappa shape index (κ1) is 24.1. The third-order valence-electron chi connectivity index (χ3n) is 5.73. The molecule has 0 bridgehead atoms. The second-order valence-electron chi connectivity index (χ2n) is 8.21. The Morgan fingerprint density at radius 2 is 1.82 bits per heavy atom. The van der Waals surface area contributed by atoms with Crippen molar-refractivity contribution in [3.8, 4) is 0 Å². The molecule has 1 saturated heterocycles. The largest absolute Gasteiger partial charge is 0.339 e. The number of rotatable bonds is 7. The quantitative estimate of drug-likeness (QED) is 0.463. The Morgan fingerprint density at radius 1 is 1.09 bits per heavy atom. The topological polar surface area (TPSA) is 91.4 Å². The smallest absolute Gasteiger partial charge is 0.262 e. The number of aryl methyl sites for hydroxylation is 1. The molecule has 1 atom stereocenters. The molecule has 9 heteroatoms. The minimum atomic E-state index is -0.790. The summed E-state index contributed by atoms with van der Waals surface area (Å²) in [5.41, 5.74) is 2.90. The molecule has 2 aromatic heterocycles. The lowest BCUT2D eigenvalue weighted by Crippen LogP contribution is -2.45. The molecule has 3 heterocycles. The highest BCUT2D eigenvalue weighted by Gasteiger charge is 2.24. The van der Waals surface area contributed by atoms with Gasteiger partial charge in [-0.3, -0.25) is 19.4 Å². The lowest BCUT2D eigenvalue weighted by molar-refractivity contribution is -0.118. The van der Waals surface area contributed by atoms with E-state index in [1.54, 1.807) is 42.7 Å². The molecule has 3 amide bonds. The van der Waals surface area contributed by atoms with Gasteiger partial charge in [0.1, 0.15) is 6.04 Å². The van der Waals surface area contributed by atoms with Gasteiger partial charge in [0.2, 0.25) is 5.91 Å². The number of amides is 3. The standard InChI is InChI=1S/C25H25BrN4O3S/c1-16-14-18(4-5-19(16)25(33)30-12-2-3-13-30)28-23(31)20(15-17-8-10-27-11-9-17)29-24(32)21-6-7-22(26)34-21/h4-11,14,20H,2-3,12-13,15H2,1H3,(H,28,31)(H,29,32)/t20-/m1/s1. The highest BCUT2D eigenvalue weighted by molar-refractivity contribution is 9.11. The van der Waals surface area contributed by atoms with Gasteiger partial charge >= 0.3 is 0 Å². The van der Waals surface area contributed by atoms with Crippen molar-refractivity contribution in [1.82, 2.24) is 15.2 Å². The van der Waals surface area contributed by atoms with Crippen LogP contribution in [-0.2, 0) is 11.2 Å². The predicted molar refractivity (Wildman–Crippen MR) is 136 cm³/mol. The van der Waals surface area contributed by atoms with Crippen molar-refractivity contribution < 1.29 is 14.4 Å². The number of likely N-dealkylation sites (tertiary alicyclic amines) is 1. The van der Waals surface area contributed by atoms with Crippen LogP contribution in [-0.4, -0.2) is 46.7 Å². The molecule has 0 unspecified atom stereocenters. The monoisotopic (exact) mass is 540 g/mol. The van der Waals surface area contributed by atoms with Crippen LogP contribution < -0.4 is 10.6 Å². The van der Waals surface area contributed by atoms with E-state index in [1.807, 2.05) is 24.0 Å². The summed E-state index contributed by atoms with van der Waals surface area (Å²) in [7, 11) is 0. The van der Waals surface area contributed by atoms with E-state index >= 15 is 0 Å². The van der Waals surface area contributed by atoms with Gasteiger partial charge in [0.15, 0.2) is 0 Å². The van der Waals surface area contributed by atoms with Crippen LogP contribution in [0.5, 0.6) is 0 Å². The number of benzene rings is 1. The van der Waals surface area contributed by atoms with Gasteiger partial charge in [0.25, 0.3) is 11.8 Å². The van der Waals surface area contributed by atoms with Crippen LogP contribution in [0.2, 0.25) is 0 Å². The Balaban J connectivity index is 1.49. The molecule has 4 rings (SSSR count). The van der Waals surface area contributed by atoms with Crippen molar-refractivity contribution in [3.63, 3.8) is 0 Å². The number of anilines is 1. The Labute approximate surface area is 210 Å². The number of aromatic nitrogens is 1. The normalized spacial score (nSPS) is 14.0. The van der Waals surface area contributed by atoms with Crippen LogP contribution in [0.25, 0.3) is 0 Å². The molecule has 0 radical (unpaired) electrons. The van der Waals surface area contributed by atoms with Gasteiger partial charge in [-0.15, -0.1) is 11.3 Å². The lowest BCUT2D eigenvalue weighted by atomic mass is 10.0. The summed E-state index contributed by atoms with van der Waals surface area (Å²) in [6, 6.07) is 11.6. The highest BCUT2D eigenvalue weighted by atomic mass is 79.9. The van der Waals surface area contributed by atoms with Crippen LogP contribution in [0.3, 0.4) is 0 Å². The minimum absolute atomic E-state index is 0.0258. The molecule has 3 aromatic rings. The van der Waals surface area contributed by atoms with E-state index < -0.39 is 6.04 Å². The SMILES string of the molecule is Cc1cc(NC(=O)[C@@H](Cc2ccncc2)NC(=O)c2ccc(Br)s2)ccc1C(=O)N1CCCC1. The number of nitrogens with one attached hydrogen (secondary N) is 2. The zero-order chi connectivity index (χ0) is 24.1. The van der Waals surface area contributed by atoms with Gasteiger partial charge in [0.05, 0.1) is 8.66 Å². The van der Waals surface area contributed by atoms with Gasteiger partial charge in [-0.05, 0) is 89.3 Å². The van der Waals surface area contributed by atoms with E-state index in [1.165, 1.54) is 11.3 Å². The fourth-order valence-corrected chi connectivity index (χ4v) is 5.22. The van der Waals surface area contributed by atoms with Gasteiger partial charge < -0.3 is 15.5 Å². The first-order chi connectivity index (χ1) is 16.4. The first-order valence-corrected chi connectivity index (χ1v) is 12.7. The number of carbonyl (C=O) groups is 3. The average molecular weight is 541 g/mol. The van der Waals surface area contributed by atoms with E-state index in [0.29, 0.717) is 22.5 Å². The van der Waals surface area contributed by atoms with Gasteiger partial charge in [-0.25, -0.2) is 0 Å². The van der Waals surface area contributed by atoms with Crippen molar-refractivity contribution in [2.24, 2.45) is 0 Å². The molecule has 0 spiro atoms. The van der Waals surface area contributed by atoms with Crippen molar-refractivity contribution in [2.75, 3.05) is 18.4 Å². The number of hydrogen-bond donors (Lipinski definition) is 2. The fraction of sp³-hybridized carbons (Fsp3) is 0.280. The molecule has 1 aromatic carbocycles. The molecular formula is C25H25BrN4O3S. The molecule has 34 heavy (non-hydrogen) atoms. The molecule has 176 valence electrons. The van der Waals surface area contributed by atoms with Gasteiger partial charge in [-0.2, -0.15) is 0 Å². The summed E-state index contributed by atoms with van der Waals surface area (Å²) < 4.78 is 0.840. The Hall–Kier alpha value is -3.04. The number of carbonyl (C=O) groups excluding carboxylic acids is 3. The summed E-state index contributed by atoms with van der Waals surface area (Å²) in [6.45, 7) is 3.44. The molecule has 1 aliphatic rings. The highest BCUT2D eigenvalue weighted by Crippen LogP contribution is 2.23. The van der Waals surface area contributed by atoms with E-state index in [2.05, 4.69) is 31.5 Å². The molecule has 1 fully saturated rings. The van der Waals surface area contributed by atoms with Crippen LogP contribution >= 0.6 is 27.3 Å². The minimum Gasteiger partial charge on any atom is -0.339 e. The summed E-state index contributed by atoms with van der Waals surface area (Å²) in [6.07, 6.45) is 5.69. The third-order valence-corrected chi connectivity index (χ3v) is 7.35. The van der Waals surface area contributed by atoms with Crippen molar-refractivity contribution >= 4 is 50.7 Å². The van der Waals surface area contributed by atoms with Crippen molar-refractivity contribution in [2.45, 2.75) is 32.2 Å². The average Bonchev–Trinajstić information content (AvgIpc) is 3.51. The van der Waals surface area contributed by atoms with Crippen LogP contribution in [0.4, 0.5) is 5.69 Å². The van der Waals surface area contributed by atoms with Crippen LogP contribution in [0, 0.1) is 6.92 Å². The molecule has 0 saturated carbocycles. The van der Waals surface area contributed by atoms with Gasteiger partial charge in [-0.1, -0.05) is 0 Å². The second-order valence-corrected chi connectivity index (χ2v) is 10.7. The third kappa shape index (κ3) is 5.90. The summed E-state index contributed by atoms with van der Waals surface area (Å²) in [5, 5.41) is 5.75. The number of nitrogens with zero attached hydrogens (tertiary/aromatic N) is 2. The Kier molecular flexibility index (Phi) is 7.74. The Morgan fingerprint density at radius 3 is 2.47 bits per heavy atom. The molecule has 1 aliphatic heterocycles. The zero-order valence-electron chi connectivity index (χ0n) is 18.7. The maximum absolute atomic E-state index is 13.2. The summed E-state index contributed by atoms with van der Waals surface area (Å²) in [5.74, 6) is -0.621. The number of halogens is 1. The van der Waals surface area contributed by atoms with Crippen LogP contribution in [0.15, 0.2) is 58.6 Å². The van der Waals surface area contributed by atoms with E-state index in [0.717, 1.165) is 40.8 Å². The van der Waals surface area contributed by atoms with Gasteiger partial charge in [0, 0.05) is 43.2 Å². The predicted octanol–water partition coefficient (Wildman–Crippen LogP) is 4.43. The maximum atomic E-state index is 13.2. The summed E-state index contributed by atoms with van der Waals surface area (Å²) >= 11 is 4.67. The number of hydrogen-bond acceptors (Lipinski definition) is 5. The number of thiophene rings is 1. The lowest BCUT2D eigenvalue weighted by Gasteiger charge is -2.20. The van der Waals surface area contributed by atoms with E-state index in [-0.39, 0.29) is 17.7 Å². The number of pyridine rings is 1.